The second-order valence-electron chi connectivity index (χ2n) is 5.09. The van der Waals surface area contributed by atoms with Crippen molar-refractivity contribution in [3.63, 3.8) is 0 Å². The van der Waals surface area contributed by atoms with Gasteiger partial charge < -0.3 is 10.5 Å². The summed E-state index contributed by atoms with van der Waals surface area (Å²) in [6.07, 6.45) is 1.71. The Hall–Kier alpha value is -0.210. The van der Waals surface area contributed by atoms with Gasteiger partial charge >= 0.3 is 0 Å². The summed E-state index contributed by atoms with van der Waals surface area (Å²) in [5.41, 5.74) is 5.64. The molecule has 0 radical (unpaired) electrons. The van der Waals surface area contributed by atoms with Gasteiger partial charge in [0.25, 0.3) is 10.2 Å². The molecule has 1 aliphatic rings. The number of hydrogen-bond acceptors (Lipinski definition) is 4. The summed E-state index contributed by atoms with van der Waals surface area (Å²) in [5.74, 6) is 0.456. The van der Waals surface area contributed by atoms with Crippen molar-refractivity contribution in [1.82, 2.24) is 8.61 Å². The van der Waals surface area contributed by atoms with Crippen LogP contribution in [0, 0.1) is 5.92 Å². The van der Waals surface area contributed by atoms with Crippen LogP contribution in [0.2, 0.25) is 0 Å². The molecular weight excluding hydrogens is 266 g/mol. The highest BCUT2D eigenvalue weighted by molar-refractivity contribution is 7.86. The zero-order valence-corrected chi connectivity index (χ0v) is 13.0. The minimum atomic E-state index is -3.38. The van der Waals surface area contributed by atoms with E-state index in [1.165, 1.54) is 4.31 Å². The summed E-state index contributed by atoms with van der Waals surface area (Å²) in [6, 6.07) is -0.146. The van der Waals surface area contributed by atoms with Gasteiger partial charge in [-0.15, -0.1) is 0 Å². The molecule has 0 saturated carbocycles. The van der Waals surface area contributed by atoms with Crippen molar-refractivity contribution >= 4 is 10.2 Å². The van der Waals surface area contributed by atoms with E-state index in [1.54, 1.807) is 11.4 Å². The largest absolute Gasteiger partial charge is 0.383 e. The van der Waals surface area contributed by atoms with Gasteiger partial charge in [0.15, 0.2) is 0 Å². The number of ether oxygens (including phenoxy) is 1. The summed E-state index contributed by atoms with van der Waals surface area (Å²) >= 11 is 0. The molecule has 0 amide bonds. The van der Waals surface area contributed by atoms with E-state index in [-0.39, 0.29) is 6.04 Å². The number of methoxy groups -OCH3 is 1. The molecule has 0 aliphatic carbocycles. The molecule has 1 heterocycles. The van der Waals surface area contributed by atoms with Crippen molar-refractivity contribution in [2.45, 2.75) is 32.7 Å². The van der Waals surface area contributed by atoms with E-state index >= 15 is 0 Å². The summed E-state index contributed by atoms with van der Waals surface area (Å²) < 4.78 is 33.3. The van der Waals surface area contributed by atoms with Gasteiger partial charge in [0.05, 0.1) is 6.61 Å². The van der Waals surface area contributed by atoms with Crippen molar-refractivity contribution in [2.24, 2.45) is 11.7 Å². The Bertz CT molecular complexity index is 353. The highest BCUT2D eigenvalue weighted by atomic mass is 32.2. The molecular formula is C12H27N3O3S. The Morgan fingerprint density at radius 1 is 1.42 bits per heavy atom. The van der Waals surface area contributed by atoms with Gasteiger partial charge in [-0.3, -0.25) is 0 Å². The van der Waals surface area contributed by atoms with Gasteiger partial charge in [-0.1, -0.05) is 6.92 Å². The first-order valence-electron chi connectivity index (χ1n) is 6.93. The third-order valence-electron chi connectivity index (χ3n) is 3.74. The lowest BCUT2D eigenvalue weighted by molar-refractivity contribution is 0.137. The van der Waals surface area contributed by atoms with Gasteiger partial charge in [0.1, 0.15) is 0 Å². The number of likely N-dealkylation sites (N-methyl/N-ethyl adjacent to an activating group) is 1. The second-order valence-corrected chi connectivity index (χ2v) is 6.97. The molecule has 114 valence electrons. The van der Waals surface area contributed by atoms with Crippen LogP contribution in [0.1, 0.15) is 26.7 Å². The fourth-order valence-corrected chi connectivity index (χ4v) is 4.36. The molecule has 7 heteroatoms. The second kappa shape index (κ2) is 7.54. The third-order valence-corrected chi connectivity index (χ3v) is 5.97. The minimum absolute atomic E-state index is 0.146. The fourth-order valence-electron chi connectivity index (χ4n) is 2.55. The van der Waals surface area contributed by atoms with Crippen molar-refractivity contribution in [1.29, 1.82) is 0 Å². The number of rotatable bonds is 7. The lowest BCUT2D eigenvalue weighted by Gasteiger charge is -2.36. The first kappa shape index (κ1) is 16.8. The lowest BCUT2D eigenvalue weighted by Crippen LogP contribution is -2.51. The predicted molar refractivity (Wildman–Crippen MR) is 76.0 cm³/mol. The molecule has 19 heavy (non-hydrogen) atoms. The zero-order valence-electron chi connectivity index (χ0n) is 12.2. The summed E-state index contributed by atoms with van der Waals surface area (Å²) in [5, 5.41) is 0. The van der Waals surface area contributed by atoms with E-state index in [9.17, 15) is 8.42 Å². The summed E-state index contributed by atoms with van der Waals surface area (Å²) in [6.45, 7) is 6.38. The van der Waals surface area contributed by atoms with Crippen LogP contribution in [0.5, 0.6) is 0 Å². The van der Waals surface area contributed by atoms with Crippen molar-refractivity contribution in [2.75, 3.05) is 39.9 Å². The quantitative estimate of drug-likeness (QED) is 0.730. The van der Waals surface area contributed by atoms with Crippen LogP contribution in [-0.4, -0.2) is 63.0 Å². The maximum atomic E-state index is 12.6. The molecule has 0 spiro atoms. The summed E-state index contributed by atoms with van der Waals surface area (Å²) in [4.78, 5) is 0. The van der Waals surface area contributed by atoms with E-state index in [4.69, 9.17) is 10.5 Å². The van der Waals surface area contributed by atoms with Crippen LogP contribution in [-0.2, 0) is 14.9 Å². The molecule has 1 fully saturated rings. The van der Waals surface area contributed by atoms with E-state index in [2.05, 4.69) is 0 Å². The number of piperidine rings is 1. The molecule has 1 unspecified atom stereocenters. The van der Waals surface area contributed by atoms with Crippen molar-refractivity contribution < 1.29 is 13.2 Å². The maximum Gasteiger partial charge on any atom is 0.282 e. The average Bonchev–Trinajstić information content (AvgIpc) is 2.39. The van der Waals surface area contributed by atoms with Gasteiger partial charge in [-0.2, -0.15) is 17.0 Å². The SMILES string of the molecule is CCN(C(C)COC)S(=O)(=O)N1CCC(CN)CC1. The van der Waals surface area contributed by atoms with Crippen LogP contribution >= 0.6 is 0 Å². The smallest absolute Gasteiger partial charge is 0.282 e. The van der Waals surface area contributed by atoms with E-state index in [0.717, 1.165) is 12.8 Å². The Labute approximate surface area is 117 Å². The topological polar surface area (TPSA) is 75.9 Å². The zero-order chi connectivity index (χ0) is 14.5. The highest BCUT2D eigenvalue weighted by Crippen LogP contribution is 2.21. The normalized spacial score (nSPS) is 20.9. The molecule has 6 nitrogen and oxygen atoms in total. The first-order valence-corrected chi connectivity index (χ1v) is 8.32. The van der Waals surface area contributed by atoms with Crippen LogP contribution in [0.25, 0.3) is 0 Å². The van der Waals surface area contributed by atoms with Crippen LogP contribution in [0.3, 0.4) is 0 Å². The Balaban J connectivity index is 2.73. The van der Waals surface area contributed by atoms with Crippen molar-refractivity contribution in [3.8, 4) is 0 Å². The third kappa shape index (κ3) is 4.13. The fraction of sp³-hybridized carbons (Fsp3) is 1.00. The van der Waals surface area contributed by atoms with Gasteiger partial charge in [-0.25, -0.2) is 0 Å². The summed E-state index contributed by atoms with van der Waals surface area (Å²) in [7, 11) is -1.79. The van der Waals surface area contributed by atoms with Crippen LogP contribution < -0.4 is 5.73 Å². The van der Waals surface area contributed by atoms with E-state index < -0.39 is 10.2 Å². The number of nitrogens with zero attached hydrogens (tertiary/aromatic N) is 2. The Morgan fingerprint density at radius 2 is 2.00 bits per heavy atom. The Morgan fingerprint density at radius 3 is 2.42 bits per heavy atom. The van der Waals surface area contributed by atoms with Crippen LogP contribution in [0.15, 0.2) is 0 Å². The molecule has 1 rings (SSSR count). The first-order chi connectivity index (χ1) is 8.97. The molecule has 1 saturated heterocycles. The maximum absolute atomic E-state index is 12.6. The Kier molecular flexibility index (Phi) is 6.68. The molecule has 0 aromatic rings. The standard InChI is InChI=1S/C12H27N3O3S/c1-4-15(11(2)10-18-3)19(16,17)14-7-5-12(9-13)6-8-14/h11-12H,4-10,13H2,1-3H3. The van der Waals surface area contributed by atoms with E-state index in [0.29, 0.717) is 38.7 Å². The van der Waals surface area contributed by atoms with Gasteiger partial charge in [0.2, 0.25) is 0 Å². The lowest BCUT2D eigenvalue weighted by atomic mass is 9.99. The molecule has 1 atom stereocenters. The highest BCUT2D eigenvalue weighted by Gasteiger charge is 2.34. The molecule has 1 aliphatic heterocycles. The molecule has 0 bridgehead atoms. The molecule has 0 aromatic carbocycles. The minimum Gasteiger partial charge on any atom is -0.383 e. The number of hydrogen-bond donors (Lipinski definition) is 1. The number of nitrogens with two attached hydrogens (primary N) is 1. The average molecular weight is 293 g/mol. The van der Waals surface area contributed by atoms with Gasteiger partial charge in [0, 0.05) is 32.8 Å². The van der Waals surface area contributed by atoms with Crippen LogP contribution in [0.4, 0.5) is 0 Å². The monoisotopic (exact) mass is 293 g/mol. The van der Waals surface area contributed by atoms with Crippen molar-refractivity contribution in [3.05, 3.63) is 0 Å². The molecule has 2 N–H and O–H groups in total. The van der Waals surface area contributed by atoms with E-state index in [1.807, 2.05) is 13.8 Å². The molecule has 0 aromatic heterocycles. The van der Waals surface area contributed by atoms with Gasteiger partial charge in [-0.05, 0) is 32.2 Å². The predicted octanol–water partition coefficient (Wildman–Crippen LogP) is 0.259.